The molecule has 0 aliphatic carbocycles. The lowest BCUT2D eigenvalue weighted by molar-refractivity contribution is 0.585. The Morgan fingerprint density at radius 3 is 2.33 bits per heavy atom. The molecule has 0 saturated carbocycles. The van der Waals surface area contributed by atoms with Crippen LogP contribution in [0.5, 0.6) is 0 Å². The van der Waals surface area contributed by atoms with E-state index in [-0.39, 0.29) is 0 Å². The first-order valence-electron chi connectivity index (χ1n) is 6.96. The molecule has 1 unspecified atom stereocenters. The molecule has 0 bridgehead atoms. The second kappa shape index (κ2) is 7.81. The van der Waals surface area contributed by atoms with Crippen LogP contribution in [-0.2, 0) is 9.84 Å². The average Bonchev–Trinajstić information content (AvgIpc) is 2.39. The van der Waals surface area contributed by atoms with Gasteiger partial charge in [0.2, 0.25) is 0 Å². The lowest BCUT2D eigenvalue weighted by Crippen LogP contribution is -2.23. The summed E-state index contributed by atoms with van der Waals surface area (Å²) in [7, 11) is -3.44. The van der Waals surface area contributed by atoms with Crippen molar-refractivity contribution < 1.29 is 8.42 Å². The molecule has 1 rings (SSSR count). The van der Waals surface area contributed by atoms with Crippen molar-refractivity contribution in [3.8, 4) is 0 Å². The number of halogens is 1. The van der Waals surface area contributed by atoms with Crippen molar-refractivity contribution in [2.24, 2.45) is 0 Å². The normalized spacial score (nSPS) is 12.8. The first-order chi connectivity index (χ1) is 9.78. The fraction of sp³-hybridized carbons (Fsp3) is 0.412. The van der Waals surface area contributed by atoms with Crippen LogP contribution in [-0.4, -0.2) is 19.5 Å². The first kappa shape index (κ1) is 18.0. The average molecular weight is 327 g/mol. The molecule has 0 aliphatic rings. The SMILES string of the molecule is C=C(CCCl)C(CC=C(C)C)S(=O)(=O)c1ccc(C)cc1. The molecular formula is C17H23ClO2S. The van der Waals surface area contributed by atoms with E-state index in [4.69, 9.17) is 11.6 Å². The number of rotatable bonds is 7. The van der Waals surface area contributed by atoms with E-state index in [0.717, 1.165) is 11.1 Å². The van der Waals surface area contributed by atoms with Gasteiger partial charge < -0.3 is 0 Å². The Hall–Kier alpha value is -1.06. The van der Waals surface area contributed by atoms with Gasteiger partial charge >= 0.3 is 0 Å². The Bertz CT molecular complexity index is 609. The largest absolute Gasteiger partial charge is 0.223 e. The fourth-order valence-electron chi connectivity index (χ4n) is 2.03. The number of alkyl halides is 1. The lowest BCUT2D eigenvalue weighted by atomic mass is 10.1. The van der Waals surface area contributed by atoms with Gasteiger partial charge in [0.25, 0.3) is 0 Å². The maximum absolute atomic E-state index is 12.8. The van der Waals surface area contributed by atoms with Crippen molar-refractivity contribution in [1.29, 1.82) is 0 Å². The Morgan fingerprint density at radius 2 is 1.86 bits per heavy atom. The summed E-state index contributed by atoms with van der Waals surface area (Å²) >= 11 is 5.75. The summed E-state index contributed by atoms with van der Waals surface area (Å²) in [5.41, 5.74) is 2.80. The summed E-state index contributed by atoms with van der Waals surface area (Å²) in [5.74, 6) is 0.383. The standard InChI is InChI=1S/C17H23ClO2S/c1-13(2)5-10-17(15(4)11-12-18)21(19,20)16-8-6-14(3)7-9-16/h5-9,17H,4,10-12H2,1-3H3. The molecule has 2 nitrogen and oxygen atoms in total. The Morgan fingerprint density at radius 1 is 1.29 bits per heavy atom. The molecule has 0 fully saturated rings. The highest BCUT2D eigenvalue weighted by atomic mass is 35.5. The molecule has 0 spiro atoms. The molecule has 1 aromatic rings. The first-order valence-corrected chi connectivity index (χ1v) is 9.04. The number of hydrogen-bond acceptors (Lipinski definition) is 2. The van der Waals surface area contributed by atoms with E-state index in [1.54, 1.807) is 12.1 Å². The van der Waals surface area contributed by atoms with Gasteiger partial charge in [0, 0.05) is 5.88 Å². The maximum atomic E-state index is 12.8. The highest BCUT2D eigenvalue weighted by Gasteiger charge is 2.28. The zero-order valence-corrected chi connectivity index (χ0v) is 14.5. The summed E-state index contributed by atoms with van der Waals surface area (Å²) in [6.45, 7) is 9.79. The third-order valence-electron chi connectivity index (χ3n) is 3.34. The van der Waals surface area contributed by atoms with E-state index in [0.29, 0.717) is 29.2 Å². The summed E-state index contributed by atoms with van der Waals surface area (Å²) in [6, 6.07) is 6.95. The van der Waals surface area contributed by atoms with Crippen LogP contribution in [0.15, 0.2) is 53.0 Å². The zero-order chi connectivity index (χ0) is 16.0. The van der Waals surface area contributed by atoms with Crippen molar-refractivity contribution in [2.75, 3.05) is 5.88 Å². The zero-order valence-electron chi connectivity index (χ0n) is 12.9. The molecule has 0 radical (unpaired) electrons. The van der Waals surface area contributed by atoms with Crippen LogP contribution in [0.25, 0.3) is 0 Å². The van der Waals surface area contributed by atoms with Crippen LogP contribution < -0.4 is 0 Å². The number of sulfone groups is 1. The molecule has 0 saturated heterocycles. The van der Waals surface area contributed by atoms with Gasteiger partial charge in [0.1, 0.15) is 0 Å². The topological polar surface area (TPSA) is 34.1 Å². The number of aryl methyl sites for hydroxylation is 1. The molecule has 21 heavy (non-hydrogen) atoms. The smallest absolute Gasteiger partial charge is 0.185 e. The minimum Gasteiger partial charge on any atom is -0.223 e. The maximum Gasteiger partial charge on any atom is 0.185 e. The minimum absolute atomic E-state index is 0.343. The second-order valence-corrected chi connectivity index (χ2v) is 7.97. The van der Waals surface area contributed by atoms with Crippen molar-refractivity contribution in [1.82, 2.24) is 0 Å². The molecule has 1 aromatic carbocycles. The van der Waals surface area contributed by atoms with E-state index >= 15 is 0 Å². The monoisotopic (exact) mass is 326 g/mol. The highest BCUT2D eigenvalue weighted by molar-refractivity contribution is 7.92. The van der Waals surface area contributed by atoms with Crippen molar-refractivity contribution in [3.05, 3.63) is 53.6 Å². The van der Waals surface area contributed by atoms with Gasteiger partial charge in [-0.2, -0.15) is 0 Å². The third kappa shape index (κ3) is 5.01. The number of benzene rings is 1. The van der Waals surface area contributed by atoms with Crippen molar-refractivity contribution in [2.45, 2.75) is 43.8 Å². The number of allylic oxidation sites excluding steroid dienone is 2. The van der Waals surface area contributed by atoms with Gasteiger partial charge in [-0.25, -0.2) is 8.42 Å². The van der Waals surface area contributed by atoms with Crippen molar-refractivity contribution in [3.63, 3.8) is 0 Å². The molecule has 4 heteroatoms. The van der Waals surface area contributed by atoms with Crippen LogP contribution in [0.1, 0.15) is 32.3 Å². The van der Waals surface area contributed by atoms with Gasteiger partial charge in [0.05, 0.1) is 10.1 Å². The van der Waals surface area contributed by atoms with E-state index in [1.807, 2.05) is 39.0 Å². The molecule has 0 aromatic heterocycles. The summed E-state index contributed by atoms with van der Waals surface area (Å²) in [4.78, 5) is 0.343. The summed E-state index contributed by atoms with van der Waals surface area (Å²) < 4.78 is 25.7. The predicted octanol–water partition coefficient (Wildman–Crippen LogP) is 4.68. The molecule has 0 amide bonds. The summed E-state index contributed by atoms with van der Waals surface area (Å²) in [5, 5.41) is -0.617. The van der Waals surface area contributed by atoms with Crippen molar-refractivity contribution >= 4 is 21.4 Å². The van der Waals surface area contributed by atoms with Gasteiger partial charge in [-0.1, -0.05) is 41.5 Å². The van der Waals surface area contributed by atoms with Crippen LogP contribution in [0.3, 0.4) is 0 Å². The van der Waals surface area contributed by atoms with Crippen LogP contribution in [0.4, 0.5) is 0 Å². The molecule has 0 heterocycles. The van der Waals surface area contributed by atoms with Crippen LogP contribution in [0, 0.1) is 6.92 Å². The Balaban J connectivity index is 3.19. The number of hydrogen-bond donors (Lipinski definition) is 0. The molecule has 116 valence electrons. The van der Waals surface area contributed by atoms with Gasteiger partial charge in [-0.15, -0.1) is 11.6 Å². The minimum atomic E-state index is -3.44. The second-order valence-electron chi connectivity index (χ2n) is 5.46. The van der Waals surface area contributed by atoms with Crippen LogP contribution in [0.2, 0.25) is 0 Å². The highest BCUT2D eigenvalue weighted by Crippen LogP contribution is 2.26. The van der Waals surface area contributed by atoms with Gasteiger partial charge in [-0.3, -0.25) is 0 Å². The van der Waals surface area contributed by atoms with E-state index in [9.17, 15) is 8.42 Å². The lowest BCUT2D eigenvalue weighted by Gasteiger charge is -2.19. The van der Waals surface area contributed by atoms with E-state index < -0.39 is 15.1 Å². The predicted molar refractivity (Wildman–Crippen MR) is 90.7 cm³/mol. The fourth-order valence-corrected chi connectivity index (χ4v) is 4.02. The molecule has 0 aliphatic heterocycles. The van der Waals surface area contributed by atoms with E-state index in [2.05, 4.69) is 6.58 Å². The van der Waals surface area contributed by atoms with Crippen LogP contribution >= 0.6 is 11.6 Å². The Kier molecular flexibility index (Phi) is 6.69. The van der Waals surface area contributed by atoms with E-state index in [1.165, 1.54) is 0 Å². The summed E-state index contributed by atoms with van der Waals surface area (Å²) in [6.07, 6.45) is 2.89. The third-order valence-corrected chi connectivity index (χ3v) is 5.73. The molecular weight excluding hydrogens is 304 g/mol. The molecule has 1 atom stereocenters. The quantitative estimate of drug-likeness (QED) is 0.538. The molecule has 0 N–H and O–H groups in total. The van der Waals surface area contributed by atoms with Gasteiger partial charge in [-0.05, 0) is 45.7 Å². The Labute approximate surface area is 133 Å². The van der Waals surface area contributed by atoms with Gasteiger partial charge in [0.15, 0.2) is 9.84 Å².